The first-order valence-electron chi connectivity index (χ1n) is 7.72. The number of hydrogen-bond donors (Lipinski definition) is 2. The van der Waals surface area contributed by atoms with E-state index in [0.29, 0.717) is 16.6 Å². The molecule has 1 atom stereocenters. The second kappa shape index (κ2) is 7.31. The molecule has 25 heavy (non-hydrogen) atoms. The summed E-state index contributed by atoms with van der Waals surface area (Å²) < 4.78 is 6.49. The molecule has 3 rings (SSSR count). The first-order chi connectivity index (χ1) is 12.0. The van der Waals surface area contributed by atoms with Gasteiger partial charge in [0.2, 0.25) is 5.91 Å². The van der Waals surface area contributed by atoms with Gasteiger partial charge in [0.05, 0.1) is 10.2 Å². The van der Waals surface area contributed by atoms with Crippen LogP contribution in [0.5, 0.6) is 5.75 Å². The number of benzene rings is 2. The Balaban J connectivity index is 1.69. The number of nitrogens with zero attached hydrogens (tertiary/aromatic N) is 1. The summed E-state index contributed by atoms with van der Waals surface area (Å²) in [5.74, 6) is 0.234. The summed E-state index contributed by atoms with van der Waals surface area (Å²) in [6, 6.07) is 14.6. The Hall–Kier alpha value is -2.93. The van der Waals surface area contributed by atoms with E-state index in [2.05, 4.69) is 15.6 Å². The van der Waals surface area contributed by atoms with Gasteiger partial charge in [-0.15, -0.1) is 0 Å². The van der Waals surface area contributed by atoms with Crippen molar-refractivity contribution >= 4 is 44.2 Å². The van der Waals surface area contributed by atoms with Crippen LogP contribution in [0.25, 0.3) is 10.2 Å². The number of fused-ring (bicyclic) bond motifs is 1. The van der Waals surface area contributed by atoms with Crippen molar-refractivity contribution in [3.05, 3.63) is 48.5 Å². The van der Waals surface area contributed by atoms with Crippen LogP contribution < -0.4 is 15.4 Å². The van der Waals surface area contributed by atoms with E-state index < -0.39 is 6.10 Å². The molecule has 2 amide bonds. The molecular weight excluding hydrogens is 338 g/mol. The first-order valence-corrected chi connectivity index (χ1v) is 8.53. The van der Waals surface area contributed by atoms with Crippen LogP contribution in [0.3, 0.4) is 0 Å². The maximum absolute atomic E-state index is 12.3. The van der Waals surface area contributed by atoms with E-state index in [1.165, 1.54) is 18.3 Å². The number of anilines is 2. The van der Waals surface area contributed by atoms with Crippen LogP contribution in [-0.4, -0.2) is 22.9 Å². The van der Waals surface area contributed by atoms with Crippen LogP contribution in [0, 0.1) is 0 Å². The zero-order valence-corrected chi connectivity index (χ0v) is 14.6. The fourth-order valence-electron chi connectivity index (χ4n) is 2.21. The van der Waals surface area contributed by atoms with E-state index in [1.54, 1.807) is 31.2 Å². The molecule has 0 saturated heterocycles. The van der Waals surface area contributed by atoms with Gasteiger partial charge in [-0.3, -0.25) is 9.59 Å². The number of carbonyl (C=O) groups excluding carboxylic acids is 2. The van der Waals surface area contributed by atoms with Crippen molar-refractivity contribution in [2.24, 2.45) is 0 Å². The van der Waals surface area contributed by atoms with Gasteiger partial charge in [-0.1, -0.05) is 29.5 Å². The molecule has 0 unspecified atom stereocenters. The minimum absolute atomic E-state index is 0.167. The smallest absolute Gasteiger partial charge is 0.265 e. The lowest BCUT2D eigenvalue weighted by Crippen LogP contribution is -2.30. The molecule has 128 valence electrons. The zero-order valence-electron chi connectivity index (χ0n) is 13.8. The molecular formula is C18H17N3O3S. The van der Waals surface area contributed by atoms with E-state index in [4.69, 9.17) is 4.74 Å². The van der Waals surface area contributed by atoms with Gasteiger partial charge in [-0.2, -0.15) is 0 Å². The van der Waals surface area contributed by atoms with Gasteiger partial charge in [-0.25, -0.2) is 4.98 Å². The van der Waals surface area contributed by atoms with Gasteiger partial charge < -0.3 is 15.4 Å². The number of rotatable bonds is 5. The van der Waals surface area contributed by atoms with E-state index in [9.17, 15) is 9.59 Å². The van der Waals surface area contributed by atoms with E-state index in [-0.39, 0.29) is 11.8 Å². The van der Waals surface area contributed by atoms with Gasteiger partial charge in [0.1, 0.15) is 5.75 Å². The minimum Gasteiger partial charge on any atom is -0.481 e. The average molecular weight is 355 g/mol. The summed E-state index contributed by atoms with van der Waals surface area (Å²) in [6.07, 6.45) is -0.630. The first kappa shape index (κ1) is 16.9. The molecule has 0 saturated carbocycles. The monoisotopic (exact) mass is 355 g/mol. The fraction of sp³-hybridized carbons (Fsp3) is 0.167. The molecule has 0 spiro atoms. The van der Waals surface area contributed by atoms with Crippen LogP contribution in [0.4, 0.5) is 10.8 Å². The van der Waals surface area contributed by atoms with Crippen molar-refractivity contribution in [1.29, 1.82) is 0 Å². The number of carbonyl (C=O) groups is 2. The normalized spacial score (nSPS) is 11.8. The number of ether oxygens (including phenoxy) is 1. The average Bonchev–Trinajstić information content (AvgIpc) is 2.96. The van der Waals surface area contributed by atoms with E-state index in [0.717, 1.165) is 10.2 Å². The zero-order chi connectivity index (χ0) is 17.8. The molecule has 0 aliphatic carbocycles. The number of para-hydroxylation sites is 1. The lowest BCUT2D eigenvalue weighted by atomic mass is 10.2. The summed E-state index contributed by atoms with van der Waals surface area (Å²) in [5.41, 5.74) is 1.42. The highest BCUT2D eigenvalue weighted by Crippen LogP contribution is 2.28. The molecule has 1 heterocycles. The third kappa shape index (κ3) is 4.33. The number of thiazole rings is 1. The highest BCUT2D eigenvalue weighted by atomic mass is 32.1. The highest BCUT2D eigenvalue weighted by molar-refractivity contribution is 7.22. The summed E-state index contributed by atoms with van der Waals surface area (Å²) in [6.45, 7) is 3.13. The van der Waals surface area contributed by atoms with Gasteiger partial charge in [-0.05, 0) is 37.3 Å². The maximum atomic E-state index is 12.3. The Bertz CT molecular complexity index is 908. The van der Waals surface area contributed by atoms with Crippen molar-refractivity contribution in [3.63, 3.8) is 0 Å². The molecule has 2 N–H and O–H groups in total. The van der Waals surface area contributed by atoms with Crippen molar-refractivity contribution in [2.75, 3.05) is 10.6 Å². The molecule has 6 nitrogen and oxygen atoms in total. The van der Waals surface area contributed by atoms with Gasteiger partial charge in [0.15, 0.2) is 11.2 Å². The lowest BCUT2D eigenvalue weighted by Gasteiger charge is -2.14. The Labute approximate surface area is 148 Å². The summed E-state index contributed by atoms with van der Waals surface area (Å²) in [5, 5.41) is 6.03. The number of amides is 2. The van der Waals surface area contributed by atoms with E-state index >= 15 is 0 Å². The predicted octanol–water partition coefficient (Wildman–Crippen LogP) is 3.66. The van der Waals surface area contributed by atoms with E-state index in [1.807, 2.05) is 24.3 Å². The third-order valence-corrected chi connectivity index (χ3v) is 4.30. The molecule has 1 aromatic heterocycles. The second-order valence-corrected chi connectivity index (χ2v) is 6.48. The number of hydrogen-bond acceptors (Lipinski definition) is 5. The number of nitrogens with one attached hydrogen (secondary N) is 2. The standard InChI is InChI=1S/C18H17N3O3S/c1-11(24-14-6-4-3-5-7-14)17(23)20-13-8-9-15-16(10-13)25-18(21-15)19-12(2)22/h3-11H,1-2H3,(H,20,23)(H,19,21,22)/t11-/m0/s1. The molecule has 0 fully saturated rings. The molecule has 0 bridgehead atoms. The molecule has 3 aromatic rings. The van der Waals surface area contributed by atoms with Crippen LogP contribution >= 0.6 is 11.3 Å². The summed E-state index contributed by atoms with van der Waals surface area (Å²) in [7, 11) is 0. The van der Waals surface area contributed by atoms with Crippen LogP contribution in [0.1, 0.15) is 13.8 Å². The van der Waals surface area contributed by atoms with Crippen LogP contribution in [0.2, 0.25) is 0 Å². The molecule has 0 aliphatic heterocycles. The van der Waals surface area contributed by atoms with Crippen LogP contribution in [0.15, 0.2) is 48.5 Å². The van der Waals surface area contributed by atoms with Crippen molar-refractivity contribution in [1.82, 2.24) is 4.98 Å². The maximum Gasteiger partial charge on any atom is 0.265 e. The fourth-order valence-corrected chi connectivity index (χ4v) is 3.16. The SMILES string of the molecule is CC(=O)Nc1nc2ccc(NC(=O)[C@H](C)Oc3ccccc3)cc2s1. The molecule has 2 aromatic carbocycles. The Morgan fingerprint density at radius 2 is 1.88 bits per heavy atom. The van der Waals surface area contributed by atoms with Crippen molar-refractivity contribution in [2.45, 2.75) is 20.0 Å². The van der Waals surface area contributed by atoms with Crippen molar-refractivity contribution < 1.29 is 14.3 Å². The quantitative estimate of drug-likeness (QED) is 0.732. The lowest BCUT2D eigenvalue weighted by molar-refractivity contribution is -0.122. The third-order valence-electron chi connectivity index (χ3n) is 3.36. The second-order valence-electron chi connectivity index (χ2n) is 5.45. The summed E-state index contributed by atoms with van der Waals surface area (Å²) >= 11 is 1.35. The predicted molar refractivity (Wildman–Crippen MR) is 99.1 cm³/mol. The molecule has 0 radical (unpaired) electrons. The Kier molecular flexibility index (Phi) is 4.95. The highest BCUT2D eigenvalue weighted by Gasteiger charge is 2.15. The van der Waals surface area contributed by atoms with Gasteiger partial charge >= 0.3 is 0 Å². The Morgan fingerprint density at radius 3 is 2.60 bits per heavy atom. The summed E-state index contributed by atoms with van der Waals surface area (Å²) in [4.78, 5) is 27.7. The molecule has 7 heteroatoms. The minimum atomic E-state index is -0.630. The number of aromatic nitrogens is 1. The largest absolute Gasteiger partial charge is 0.481 e. The van der Waals surface area contributed by atoms with Gasteiger partial charge in [0, 0.05) is 12.6 Å². The van der Waals surface area contributed by atoms with Crippen LogP contribution in [-0.2, 0) is 9.59 Å². The van der Waals surface area contributed by atoms with Gasteiger partial charge in [0.25, 0.3) is 5.91 Å². The molecule has 0 aliphatic rings. The Morgan fingerprint density at radius 1 is 1.12 bits per heavy atom. The topological polar surface area (TPSA) is 80.3 Å². The van der Waals surface area contributed by atoms with Crippen molar-refractivity contribution in [3.8, 4) is 5.75 Å².